The van der Waals surface area contributed by atoms with Crippen LogP contribution < -0.4 is 10.4 Å². The predicted octanol–water partition coefficient (Wildman–Crippen LogP) is 2.87. The maximum Gasteiger partial charge on any atom is 0.379 e. The van der Waals surface area contributed by atoms with E-state index in [-0.39, 0.29) is 5.75 Å². The van der Waals surface area contributed by atoms with E-state index in [4.69, 9.17) is 9.15 Å². The molecule has 0 unspecified atom stereocenters. The molecular weight excluding hydrogens is 260 g/mol. The first kappa shape index (κ1) is 10.2. The Bertz CT molecular complexity index is 572. The summed E-state index contributed by atoms with van der Waals surface area (Å²) >= 11 is 3.42. The smallest absolute Gasteiger partial charge is 0.379 e. The van der Waals surface area contributed by atoms with E-state index in [1.807, 2.05) is 19.1 Å². The number of rotatable bonds is 1. The summed E-state index contributed by atoms with van der Waals surface area (Å²) in [6, 6.07) is 5.48. The van der Waals surface area contributed by atoms with E-state index in [1.54, 1.807) is 6.07 Å². The summed E-state index contributed by atoms with van der Waals surface area (Å²) in [6.07, 6.45) is 0. The lowest BCUT2D eigenvalue weighted by Crippen LogP contribution is -2.06. The minimum atomic E-state index is -0.444. The lowest BCUT2D eigenvalue weighted by Gasteiger charge is -2.07. The Morgan fingerprint density at radius 1 is 1.40 bits per heavy atom. The van der Waals surface area contributed by atoms with Gasteiger partial charge in [-0.05, 0) is 19.1 Å². The van der Waals surface area contributed by atoms with Gasteiger partial charge in [-0.15, -0.1) is 0 Å². The Morgan fingerprint density at radius 2 is 2.13 bits per heavy atom. The van der Waals surface area contributed by atoms with Crippen molar-refractivity contribution in [2.45, 2.75) is 6.92 Å². The molecule has 0 radical (unpaired) electrons. The fourth-order valence-electron chi connectivity index (χ4n) is 1.60. The molecule has 1 heterocycles. The zero-order chi connectivity index (χ0) is 11.0. The van der Waals surface area contributed by atoms with Gasteiger partial charge in [0.05, 0.1) is 7.11 Å². The zero-order valence-electron chi connectivity index (χ0n) is 8.33. The highest BCUT2D eigenvalue weighted by atomic mass is 79.9. The molecule has 0 N–H and O–H groups in total. The number of hydrogen-bond acceptors (Lipinski definition) is 3. The van der Waals surface area contributed by atoms with Crippen molar-refractivity contribution in [3.05, 3.63) is 38.7 Å². The highest BCUT2D eigenvalue weighted by molar-refractivity contribution is 9.10. The third-order valence-electron chi connectivity index (χ3n) is 2.28. The zero-order valence-corrected chi connectivity index (χ0v) is 9.92. The van der Waals surface area contributed by atoms with Gasteiger partial charge in [0.2, 0.25) is 5.75 Å². The van der Waals surface area contributed by atoms with Crippen molar-refractivity contribution in [1.82, 2.24) is 0 Å². The van der Waals surface area contributed by atoms with Crippen molar-refractivity contribution in [3.63, 3.8) is 0 Å². The molecule has 0 saturated heterocycles. The van der Waals surface area contributed by atoms with Gasteiger partial charge in [-0.1, -0.05) is 22.0 Å². The Kier molecular flexibility index (Phi) is 2.52. The first-order chi connectivity index (χ1) is 7.15. The molecule has 0 aliphatic rings. The summed E-state index contributed by atoms with van der Waals surface area (Å²) in [5, 5.41) is 0.869. The number of hydrogen-bond donors (Lipinski definition) is 0. The number of aryl methyl sites for hydroxylation is 1. The summed E-state index contributed by atoms with van der Waals surface area (Å²) < 4.78 is 11.0. The van der Waals surface area contributed by atoms with Crippen LogP contribution in [0, 0.1) is 6.92 Å². The van der Waals surface area contributed by atoms with E-state index in [9.17, 15) is 4.79 Å². The van der Waals surface area contributed by atoms with E-state index < -0.39 is 5.63 Å². The maximum atomic E-state index is 11.5. The molecule has 1 aromatic carbocycles. The van der Waals surface area contributed by atoms with Gasteiger partial charge in [0, 0.05) is 15.4 Å². The molecule has 2 rings (SSSR count). The predicted molar refractivity (Wildman–Crippen MR) is 61.5 cm³/mol. The number of benzene rings is 1. The molecule has 3 nitrogen and oxygen atoms in total. The molecule has 0 spiro atoms. The van der Waals surface area contributed by atoms with E-state index in [0.717, 1.165) is 15.4 Å². The summed E-state index contributed by atoms with van der Waals surface area (Å²) in [4.78, 5) is 11.5. The van der Waals surface area contributed by atoms with Crippen LogP contribution in [-0.4, -0.2) is 7.11 Å². The monoisotopic (exact) mass is 268 g/mol. The van der Waals surface area contributed by atoms with Gasteiger partial charge in [0.15, 0.2) is 0 Å². The largest absolute Gasteiger partial charge is 0.490 e. The van der Waals surface area contributed by atoms with Gasteiger partial charge in [-0.3, -0.25) is 0 Å². The van der Waals surface area contributed by atoms with Gasteiger partial charge in [-0.25, -0.2) is 4.79 Å². The van der Waals surface area contributed by atoms with Crippen LogP contribution in [0.5, 0.6) is 5.75 Å². The summed E-state index contributed by atoms with van der Waals surface area (Å²) in [5.41, 5.74) is 0.907. The number of methoxy groups -OCH3 is 1. The molecule has 78 valence electrons. The highest BCUT2D eigenvalue weighted by Crippen LogP contribution is 2.29. The lowest BCUT2D eigenvalue weighted by molar-refractivity contribution is 0.382. The van der Waals surface area contributed by atoms with Crippen LogP contribution in [0.25, 0.3) is 11.0 Å². The second-order valence-electron chi connectivity index (χ2n) is 3.16. The molecule has 0 fully saturated rings. The van der Waals surface area contributed by atoms with E-state index in [0.29, 0.717) is 5.58 Å². The quantitative estimate of drug-likeness (QED) is 0.747. The van der Waals surface area contributed by atoms with Crippen LogP contribution >= 0.6 is 15.9 Å². The van der Waals surface area contributed by atoms with Crippen LogP contribution in [0.4, 0.5) is 0 Å². The molecule has 0 aliphatic heterocycles. The van der Waals surface area contributed by atoms with Crippen molar-refractivity contribution in [2.75, 3.05) is 7.11 Å². The van der Waals surface area contributed by atoms with Crippen LogP contribution in [0.1, 0.15) is 5.56 Å². The average molecular weight is 269 g/mol. The third kappa shape index (κ3) is 1.55. The van der Waals surface area contributed by atoms with Gasteiger partial charge >= 0.3 is 5.63 Å². The van der Waals surface area contributed by atoms with E-state index >= 15 is 0 Å². The number of halogens is 1. The Hall–Kier alpha value is -1.29. The van der Waals surface area contributed by atoms with Crippen molar-refractivity contribution < 1.29 is 9.15 Å². The molecule has 0 bridgehead atoms. The first-order valence-corrected chi connectivity index (χ1v) is 5.20. The SMILES string of the molecule is COc1c(C)c2c(Br)cccc2oc1=O. The van der Waals surface area contributed by atoms with Gasteiger partial charge in [0.25, 0.3) is 0 Å². The molecule has 0 atom stereocenters. The van der Waals surface area contributed by atoms with Gasteiger partial charge in [-0.2, -0.15) is 0 Å². The fraction of sp³-hybridized carbons (Fsp3) is 0.182. The second-order valence-corrected chi connectivity index (χ2v) is 4.02. The Morgan fingerprint density at radius 3 is 2.80 bits per heavy atom. The molecule has 2 aromatic rings. The average Bonchev–Trinajstić information content (AvgIpc) is 2.17. The molecule has 15 heavy (non-hydrogen) atoms. The first-order valence-electron chi connectivity index (χ1n) is 4.41. The third-order valence-corrected chi connectivity index (χ3v) is 2.94. The summed E-state index contributed by atoms with van der Waals surface area (Å²) in [6.45, 7) is 1.84. The molecule has 0 aliphatic carbocycles. The van der Waals surface area contributed by atoms with Crippen LogP contribution in [0.15, 0.2) is 31.9 Å². The van der Waals surface area contributed by atoms with Crippen molar-refractivity contribution >= 4 is 26.9 Å². The minimum Gasteiger partial charge on any atom is -0.490 e. The lowest BCUT2D eigenvalue weighted by atomic mass is 10.1. The van der Waals surface area contributed by atoms with E-state index in [2.05, 4.69) is 15.9 Å². The van der Waals surface area contributed by atoms with Crippen molar-refractivity contribution in [1.29, 1.82) is 0 Å². The van der Waals surface area contributed by atoms with E-state index in [1.165, 1.54) is 7.11 Å². The minimum absolute atomic E-state index is 0.259. The highest BCUT2D eigenvalue weighted by Gasteiger charge is 2.12. The van der Waals surface area contributed by atoms with Crippen molar-refractivity contribution in [3.8, 4) is 5.75 Å². The molecule has 0 amide bonds. The summed E-state index contributed by atoms with van der Waals surface area (Å²) in [7, 11) is 1.46. The molecular formula is C11H9BrO3. The second kappa shape index (κ2) is 3.70. The number of fused-ring (bicyclic) bond motifs is 1. The Balaban J connectivity index is 2.99. The summed E-state index contributed by atoms with van der Waals surface area (Å²) in [5.74, 6) is 0.259. The Labute approximate surface area is 94.8 Å². The standard InChI is InChI=1S/C11H9BrO3/c1-6-9-7(12)4-3-5-8(9)15-11(13)10(6)14-2/h3-5H,1-2H3. The molecule has 0 saturated carbocycles. The maximum absolute atomic E-state index is 11.5. The topological polar surface area (TPSA) is 39.4 Å². The van der Waals surface area contributed by atoms with Crippen molar-refractivity contribution in [2.24, 2.45) is 0 Å². The molecule has 1 aromatic heterocycles. The van der Waals surface area contributed by atoms with Gasteiger partial charge < -0.3 is 9.15 Å². The number of ether oxygens (including phenoxy) is 1. The van der Waals surface area contributed by atoms with Crippen LogP contribution in [0.3, 0.4) is 0 Å². The van der Waals surface area contributed by atoms with Crippen LogP contribution in [0.2, 0.25) is 0 Å². The normalized spacial score (nSPS) is 10.6. The van der Waals surface area contributed by atoms with Gasteiger partial charge in [0.1, 0.15) is 5.58 Å². The van der Waals surface area contributed by atoms with Crippen LogP contribution in [-0.2, 0) is 0 Å². The molecule has 4 heteroatoms. The fourth-order valence-corrected chi connectivity index (χ4v) is 2.25.